The maximum Gasteiger partial charge on any atom is 0.275 e. The van der Waals surface area contributed by atoms with Crippen LogP contribution < -0.4 is 10.1 Å². The fourth-order valence-corrected chi connectivity index (χ4v) is 5.59. The van der Waals surface area contributed by atoms with Gasteiger partial charge in [-0.2, -0.15) is 4.31 Å². The smallest absolute Gasteiger partial charge is 0.275 e. The highest BCUT2D eigenvalue weighted by Gasteiger charge is 2.36. The molecule has 2 N–H and O–H groups in total. The fraction of sp³-hybridized carbons (Fsp3) is 0.357. The molecule has 0 saturated heterocycles. The SMILES string of the molecule is Cc1ccc(S(=O)(=O)N(C)C[C@@H]2Oc3c(NC(=O)c4cnccn4)cccc3C(=O)N([C@H](C)CO)C[C@@H]2C)cc1. The van der Waals surface area contributed by atoms with Crippen LogP contribution in [0.15, 0.2) is 66.0 Å². The van der Waals surface area contributed by atoms with Crippen molar-refractivity contribution in [1.29, 1.82) is 0 Å². The Hall–Kier alpha value is -3.87. The second-order valence-corrected chi connectivity index (χ2v) is 12.0. The molecule has 2 aromatic carbocycles. The van der Waals surface area contributed by atoms with Gasteiger partial charge in [-0.1, -0.05) is 30.7 Å². The molecule has 0 bridgehead atoms. The molecule has 0 aliphatic carbocycles. The van der Waals surface area contributed by atoms with Gasteiger partial charge in [0.2, 0.25) is 10.0 Å². The van der Waals surface area contributed by atoms with E-state index in [1.165, 1.54) is 29.9 Å². The van der Waals surface area contributed by atoms with Crippen molar-refractivity contribution in [2.24, 2.45) is 5.92 Å². The molecule has 0 saturated carbocycles. The number of sulfonamides is 1. The van der Waals surface area contributed by atoms with Crippen molar-refractivity contribution in [2.75, 3.05) is 32.1 Å². The average molecular weight is 568 g/mol. The molecule has 3 atom stereocenters. The van der Waals surface area contributed by atoms with E-state index >= 15 is 0 Å². The Morgan fingerprint density at radius 3 is 2.60 bits per heavy atom. The second kappa shape index (κ2) is 12.1. The summed E-state index contributed by atoms with van der Waals surface area (Å²) in [7, 11) is -2.36. The third kappa shape index (κ3) is 6.14. The molecule has 2 amide bonds. The van der Waals surface area contributed by atoms with E-state index in [9.17, 15) is 23.1 Å². The number of rotatable bonds is 8. The van der Waals surface area contributed by atoms with E-state index in [1.54, 1.807) is 54.3 Å². The van der Waals surface area contributed by atoms with Crippen LogP contribution in [0.2, 0.25) is 0 Å². The Kier molecular flexibility index (Phi) is 8.82. The summed E-state index contributed by atoms with van der Waals surface area (Å²) in [6.45, 7) is 5.40. The van der Waals surface area contributed by atoms with Gasteiger partial charge in [-0.05, 0) is 38.1 Å². The lowest BCUT2D eigenvalue weighted by Gasteiger charge is -2.38. The number of nitrogens with zero attached hydrogens (tertiary/aromatic N) is 4. The van der Waals surface area contributed by atoms with E-state index in [0.717, 1.165) is 5.56 Å². The maximum atomic E-state index is 13.6. The number of likely N-dealkylation sites (N-methyl/N-ethyl adjacent to an activating group) is 1. The van der Waals surface area contributed by atoms with Gasteiger partial charge in [0.1, 0.15) is 11.8 Å². The largest absolute Gasteiger partial charge is 0.486 e. The van der Waals surface area contributed by atoms with Crippen LogP contribution in [0, 0.1) is 12.8 Å². The van der Waals surface area contributed by atoms with Gasteiger partial charge in [-0.25, -0.2) is 13.4 Å². The average Bonchev–Trinajstić information content (AvgIpc) is 2.95. The Morgan fingerprint density at radius 2 is 1.95 bits per heavy atom. The molecule has 11 nitrogen and oxygen atoms in total. The lowest BCUT2D eigenvalue weighted by atomic mass is 9.99. The molecule has 0 radical (unpaired) electrons. The molecule has 0 spiro atoms. The number of carbonyl (C=O) groups excluding carboxylic acids is 2. The predicted octanol–water partition coefficient (Wildman–Crippen LogP) is 2.58. The number of nitrogens with one attached hydrogen (secondary N) is 1. The predicted molar refractivity (Wildman–Crippen MR) is 149 cm³/mol. The van der Waals surface area contributed by atoms with E-state index in [-0.39, 0.29) is 59.1 Å². The van der Waals surface area contributed by atoms with Crippen molar-refractivity contribution in [1.82, 2.24) is 19.2 Å². The first-order valence-electron chi connectivity index (χ1n) is 12.8. The van der Waals surface area contributed by atoms with Crippen LogP contribution >= 0.6 is 0 Å². The minimum absolute atomic E-state index is 0.0290. The van der Waals surface area contributed by atoms with Crippen molar-refractivity contribution >= 4 is 27.5 Å². The first-order chi connectivity index (χ1) is 19.0. The Morgan fingerprint density at radius 1 is 1.23 bits per heavy atom. The number of hydrogen-bond donors (Lipinski definition) is 2. The number of hydrogen-bond acceptors (Lipinski definition) is 8. The summed E-state index contributed by atoms with van der Waals surface area (Å²) in [6, 6.07) is 10.9. The maximum absolute atomic E-state index is 13.6. The van der Waals surface area contributed by atoms with Crippen molar-refractivity contribution < 1.29 is 27.9 Å². The normalized spacial score (nSPS) is 18.4. The van der Waals surface area contributed by atoms with Gasteiger partial charge in [-0.3, -0.25) is 14.6 Å². The number of aromatic nitrogens is 2. The number of aliphatic hydroxyl groups is 1. The van der Waals surface area contributed by atoms with Gasteiger partial charge in [-0.15, -0.1) is 0 Å². The molecule has 0 fully saturated rings. The molecule has 2 heterocycles. The standard InChI is InChI=1S/C28H33N5O6S/c1-18-8-10-21(11-9-18)40(37,38)32(4)16-25-19(2)15-33(20(3)17-34)28(36)22-6-5-7-23(26(22)39-25)31-27(35)24-14-29-12-13-30-24/h5-14,19-20,25,34H,15-17H2,1-4H3,(H,31,35)/t19-,20+,25-/m0/s1. The molecule has 212 valence electrons. The van der Waals surface area contributed by atoms with Gasteiger partial charge in [0, 0.05) is 31.9 Å². The zero-order valence-electron chi connectivity index (χ0n) is 22.8. The van der Waals surface area contributed by atoms with Gasteiger partial charge in [0.25, 0.3) is 11.8 Å². The number of para-hydroxylation sites is 1. The Balaban J connectivity index is 1.72. The molecular formula is C28H33N5O6S. The van der Waals surface area contributed by atoms with E-state index in [0.29, 0.717) is 0 Å². The third-order valence-corrected chi connectivity index (χ3v) is 8.74. The van der Waals surface area contributed by atoms with Crippen LogP contribution in [0.3, 0.4) is 0 Å². The van der Waals surface area contributed by atoms with Gasteiger partial charge < -0.3 is 20.1 Å². The van der Waals surface area contributed by atoms with Gasteiger partial charge in [0.15, 0.2) is 5.75 Å². The van der Waals surface area contributed by atoms with Crippen molar-refractivity contribution in [3.05, 3.63) is 77.9 Å². The lowest BCUT2D eigenvalue weighted by Crippen LogP contribution is -2.50. The second-order valence-electron chi connectivity index (χ2n) is 9.95. The Bertz CT molecular complexity index is 1470. The van der Waals surface area contributed by atoms with Crippen LogP contribution in [0.1, 0.15) is 40.3 Å². The minimum atomic E-state index is -3.84. The fourth-order valence-electron chi connectivity index (χ4n) is 4.40. The van der Waals surface area contributed by atoms with Crippen LogP contribution in [-0.2, 0) is 10.0 Å². The van der Waals surface area contributed by atoms with Crippen LogP contribution in [0.25, 0.3) is 0 Å². The zero-order chi connectivity index (χ0) is 29.0. The van der Waals surface area contributed by atoms with Crippen LogP contribution in [0.5, 0.6) is 5.75 Å². The quantitative estimate of drug-likeness (QED) is 0.423. The van der Waals surface area contributed by atoms with Crippen molar-refractivity contribution in [3.63, 3.8) is 0 Å². The highest BCUT2D eigenvalue weighted by Crippen LogP contribution is 2.35. The Labute approximate surface area is 233 Å². The molecule has 4 rings (SSSR count). The lowest BCUT2D eigenvalue weighted by molar-refractivity contribution is 0.0388. The molecule has 0 unspecified atom stereocenters. The van der Waals surface area contributed by atoms with E-state index in [2.05, 4.69) is 15.3 Å². The topological polar surface area (TPSA) is 142 Å². The number of aryl methyl sites for hydroxylation is 1. The van der Waals surface area contributed by atoms with E-state index in [1.807, 2.05) is 13.8 Å². The molecule has 3 aromatic rings. The number of fused-ring (bicyclic) bond motifs is 1. The highest BCUT2D eigenvalue weighted by molar-refractivity contribution is 7.89. The number of anilines is 1. The molecular weight excluding hydrogens is 534 g/mol. The molecule has 12 heteroatoms. The molecule has 1 aliphatic rings. The zero-order valence-corrected chi connectivity index (χ0v) is 23.6. The van der Waals surface area contributed by atoms with Gasteiger partial charge in [0.05, 0.1) is 41.5 Å². The van der Waals surface area contributed by atoms with Crippen LogP contribution in [-0.4, -0.2) is 83.4 Å². The number of carbonyl (C=O) groups is 2. The summed E-state index contributed by atoms with van der Waals surface area (Å²) in [5, 5.41) is 12.6. The molecule has 1 aromatic heterocycles. The minimum Gasteiger partial charge on any atom is -0.486 e. The molecule has 40 heavy (non-hydrogen) atoms. The summed E-state index contributed by atoms with van der Waals surface area (Å²) in [6.07, 6.45) is 3.44. The third-order valence-electron chi connectivity index (χ3n) is 6.90. The summed E-state index contributed by atoms with van der Waals surface area (Å²) < 4.78 is 34.4. The van der Waals surface area contributed by atoms with E-state index in [4.69, 9.17) is 4.74 Å². The number of ether oxygens (including phenoxy) is 1. The monoisotopic (exact) mass is 567 g/mol. The number of aliphatic hydroxyl groups excluding tert-OH is 1. The summed E-state index contributed by atoms with van der Waals surface area (Å²) in [4.78, 5) is 36.2. The van der Waals surface area contributed by atoms with Crippen molar-refractivity contribution in [3.8, 4) is 5.75 Å². The summed E-state index contributed by atoms with van der Waals surface area (Å²) >= 11 is 0. The van der Waals surface area contributed by atoms with E-state index < -0.39 is 28.1 Å². The van der Waals surface area contributed by atoms with Gasteiger partial charge >= 0.3 is 0 Å². The van der Waals surface area contributed by atoms with Crippen molar-refractivity contribution in [2.45, 2.75) is 37.8 Å². The highest BCUT2D eigenvalue weighted by atomic mass is 32.2. The number of amides is 2. The summed E-state index contributed by atoms with van der Waals surface area (Å²) in [5.74, 6) is -1.16. The number of benzene rings is 2. The first-order valence-corrected chi connectivity index (χ1v) is 14.3. The molecule has 1 aliphatic heterocycles. The first kappa shape index (κ1) is 29.1. The summed E-state index contributed by atoms with van der Waals surface area (Å²) in [5.41, 5.74) is 1.41. The van der Waals surface area contributed by atoms with Crippen LogP contribution in [0.4, 0.5) is 5.69 Å².